The first-order valence-corrected chi connectivity index (χ1v) is 5.72. The van der Waals surface area contributed by atoms with E-state index in [1.165, 1.54) is 0 Å². The number of halogens is 1. The Morgan fingerprint density at radius 2 is 1.86 bits per heavy atom. The molecule has 1 heterocycles. The van der Waals surface area contributed by atoms with E-state index < -0.39 is 0 Å². The van der Waals surface area contributed by atoms with Gasteiger partial charge in [-0.15, -0.1) is 11.3 Å². The molecule has 0 fully saturated rings. The fraction of sp³-hybridized carbons (Fsp3) is 0. The molecule has 2 aromatic rings. The lowest BCUT2D eigenvalue weighted by atomic mass is 10.1. The maximum absolute atomic E-state index is 8.87. The highest BCUT2D eigenvalue weighted by Gasteiger charge is 2.05. The maximum atomic E-state index is 8.87. The second-order valence-electron chi connectivity index (χ2n) is 2.78. The summed E-state index contributed by atoms with van der Waals surface area (Å²) in [5, 5.41) is 10.8. The molecule has 1 aromatic heterocycles. The third-order valence-corrected chi connectivity index (χ3v) is 3.38. The number of hydrogen-bond acceptors (Lipinski definition) is 2. The Morgan fingerprint density at radius 1 is 1.14 bits per heavy atom. The minimum atomic E-state index is 0.748. The summed E-state index contributed by atoms with van der Waals surface area (Å²) in [6.07, 6.45) is 0. The predicted octanol–water partition coefficient (Wildman–Crippen LogP) is 4.05. The lowest BCUT2D eigenvalue weighted by Crippen LogP contribution is -1.75. The Balaban J connectivity index is 2.50. The molecular formula is C11H6BrNS. The van der Waals surface area contributed by atoms with Crippen LogP contribution in [0.4, 0.5) is 0 Å². The van der Waals surface area contributed by atoms with E-state index in [4.69, 9.17) is 5.26 Å². The molecular weight excluding hydrogens is 258 g/mol. The van der Waals surface area contributed by atoms with Crippen LogP contribution in [-0.2, 0) is 0 Å². The Morgan fingerprint density at radius 3 is 2.50 bits per heavy atom. The summed E-state index contributed by atoms with van der Waals surface area (Å²) in [5.41, 5.74) is 1.84. The van der Waals surface area contributed by atoms with Gasteiger partial charge < -0.3 is 0 Å². The summed E-state index contributed by atoms with van der Waals surface area (Å²) in [7, 11) is 0. The van der Waals surface area contributed by atoms with Crippen LogP contribution in [0, 0.1) is 11.3 Å². The number of rotatable bonds is 1. The van der Waals surface area contributed by atoms with Crippen LogP contribution in [0.15, 0.2) is 40.2 Å². The van der Waals surface area contributed by atoms with Gasteiger partial charge in [-0.25, -0.2) is 0 Å². The first kappa shape index (κ1) is 9.45. The molecule has 0 aliphatic heterocycles. The normalized spacial score (nSPS) is 9.71. The standard InChI is InChI=1S/C11H6BrNS/c12-10-3-1-8(2-4-10)11-9(7-13)5-6-14-11/h1-6H. The lowest BCUT2D eigenvalue weighted by Gasteiger charge is -1.98. The van der Waals surface area contributed by atoms with Crippen molar-refractivity contribution in [1.82, 2.24) is 0 Å². The highest BCUT2D eigenvalue weighted by atomic mass is 79.9. The van der Waals surface area contributed by atoms with Crippen molar-refractivity contribution in [1.29, 1.82) is 5.26 Å². The second-order valence-corrected chi connectivity index (χ2v) is 4.61. The summed E-state index contributed by atoms with van der Waals surface area (Å²) in [6.45, 7) is 0. The van der Waals surface area contributed by atoms with Crippen LogP contribution < -0.4 is 0 Å². The Hall–Kier alpha value is -1.11. The molecule has 1 aromatic carbocycles. The molecule has 0 aliphatic carbocycles. The predicted molar refractivity (Wildman–Crippen MR) is 62.2 cm³/mol. The van der Waals surface area contributed by atoms with Crippen LogP contribution in [0.1, 0.15) is 5.56 Å². The molecule has 0 saturated heterocycles. The summed E-state index contributed by atoms with van der Waals surface area (Å²) in [4.78, 5) is 1.04. The van der Waals surface area contributed by atoms with Crippen LogP contribution in [-0.4, -0.2) is 0 Å². The van der Waals surface area contributed by atoms with E-state index in [2.05, 4.69) is 22.0 Å². The summed E-state index contributed by atoms with van der Waals surface area (Å²) in [5.74, 6) is 0. The van der Waals surface area contributed by atoms with Gasteiger partial charge in [0.15, 0.2) is 0 Å². The van der Waals surface area contributed by atoms with Crippen molar-refractivity contribution >= 4 is 27.3 Å². The van der Waals surface area contributed by atoms with Crippen LogP contribution >= 0.6 is 27.3 Å². The van der Waals surface area contributed by atoms with Gasteiger partial charge in [0.05, 0.1) is 10.4 Å². The highest BCUT2D eigenvalue weighted by molar-refractivity contribution is 9.10. The third kappa shape index (κ3) is 1.72. The molecule has 0 unspecified atom stereocenters. The maximum Gasteiger partial charge on any atom is 0.101 e. The summed E-state index contributed by atoms with van der Waals surface area (Å²) >= 11 is 4.98. The van der Waals surface area contributed by atoms with Crippen LogP contribution in [0.25, 0.3) is 10.4 Å². The monoisotopic (exact) mass is 263 g/mol. The van der Waals surface area contributed by atoms with E-state index in [0.717, 1.165) is 20.5 Å². The Labute approximate surface area is 94.8 Å². The van der Waals surface area contributed by atoms with E-state index in [1.54, 1.807) is 11.3 Å². The first-order chi connectivity index (χ1) is 6.81. The molecule has 0 aliphatic rings. The number of benzene rings is 1. The number of nitriles is 1. The molecule has 0 bridgehead atoms. The SMILES string of the molecule is N#Cc1ccsc1-c1ccc(Br)cc1. The molecule has 2 rings (SSSR count). The minimum absolute atomic E-state index is 0.748. The van der Waals surface area contributed by atoms with Crippen LogP contribution in [0.5, 0.6) is 0 Å². The first-order valence-electron chi connectivity index (χ1n) is 4.05. The smallest absolute Gasteiger partial charge is 0.101 e. The van der Waals surface area contributed by atoms with Crippen molar-refractivity contribution < 1.29 is 0 Å². The molecule has 0 radical (unpaired) electrons. The molecule has 0 atom stereocenters. The van der Waals surface area contributed by atoms with Crippen LogP contribution in [0.2, 0.25) is 0 Å². The Kier molecular flexibility index (Phi) is 2.67. The van der Waals surface area contributed by atoms with Gasteiger partial charge in [-0.05, 0) is 29.1 Å². The third-order valence-electron chi connectivity index (χ3n) is 1.89. The van der Waals surface area contributed by atoms with E-state index in [0.29, 0.717) is 0 Å². The van der Waals surface area contributed by atoms with Gasteiger partial charge in [-0.3, -0.25) is 0 Å². The molecule has 68 valence electrons. The Bertz CT molecular complexity index is 479. The summed E-state index contributed by atoms with van der Waals surface area (Å²) in [6, 6.07) is 12.0. The van der Waals surface area contributed by atoms with Gasteiger partial charge >= 0.3 is 0 Å². The van der Waals surface area contributed by atoms with Gasteiger partial charge in [0.25, 0.3) is 0 Å². The van der Waals surface area contributed by atoms with Gasteiger partial charge in [-0.1, -0.05) is 28.1 Å². The van der Waals surface area contributed by atoms with Crippen molar-refractivity contribution in [2.45, 2.75) is 0 Å². The molecule has 0 saturated carbocycles. The van der Waals surface area contributed by atoms with Crippen molar-refractivity contribution in [3.63, 3.8) is 0 Å². The average Bonchev–Trinajstić information content (AvgIpc) is 2.67. The van der Waals surface area contributed by atoms with Gasteiger partial charge in [0.1, 0.15) is 6.07 Å². The van der Waals surface area contributed by atoms with Crippen molar-refractivity contribution in [2.75, 3.05) is 0 Å². The zero-order chi connectivity index (χ0) is 9.97. The van der Waals surface area contributed by atoms with Crippen molar-refractivity contribution in [3.05, 3.63) is 45.7 Å². The molecule has 3 heteroatoms. The lowest BCUT2D eigenvalue weighted by molar-refractivity contribution is 1.50. The fourth-order valence-corrected chi connectivity index (χ4v) is 2.34. The number of thiophene rings is 1. The summed E-state index contributed by atoms with van der Waals surface area (Å²) < 4.78 is 1.05. The minimum Gasteiger partial charge on any atom is -0.192 e. The molecule has 0 spiro atoms. The van der Waals surface area contributed by atoms with Crippen molar-refractivity contribution in [2.24, 2.45) is 0 Å². The highest BCUT2D eigenvalue weighted by Crippen LogP contribution is 2.29. The molecule has 14 heavy (non-hydrogen) atoms. The van der Waals surface area contributed by atoms with E-state index in [1.807, 2.05) is 35.7 Å². The second kappa shape index (κ2) is 3.95. The van der Waals surface area contributed by atoms with Gasteiger partial charge in [0, 0.05) is 4.47 Å². The molecule has 1 nitrogen and oxygen atoms in total. The van der Waals surface area contributed by atoms with Crippen molar-refractivity contribution in [3.8, 4) is 16.5 Å². The van der Waals surface area contributed by atoms with Gasteiger partial charge in [-0.2, -0.15) is 5.26 Å². The molecule has 0 amide bonds. The largest absolute Gasteiger partial charge is 0.192 e. The van der Waals surface area contributed by atoms with Gasteiger partial charge in [0.2, 0.25) is 0 Å². The average molecular weight is 264 g/mol. The topological polar surface area (TPSA) is 23.8 Å². The number of hydrogen-bond donors (Lipinski definition) is 0. The van der Waals surface area contributed by atoms with E-state index in [-0.39, 0.29) is 0 Å². The number of nitrogens with zero attached hydrogens (tertiary/aromatic N) is 1. The zero-order valence-corrected chi connectivity index (χ0v) is 9.60. The quantitative estimate of drug-likeness (QED) is 0.762. The van der Waals surface area contributed by atoms with E-state index in [9.17, 15) is 0 Å². The van der Waals surface area contributed by atoms with E-state index >= 15 is 0 Å². The fourth-order valence-electron chi connectivity index (χ4n) is 1.22. The zero-order valence-electron chi connectivity index (χ0n) is 7.20. The van der Waals surface area contributed by atoms with Crippen LogP contribution in [0.3, 0.4) is 0 Å². The molecule has 0 N–H and O–H groups in total.